The number of pyridine rings is 2. The Kier molecular flexibility index (Phi) is 33.6. The maximum Gasteiger partial charge on any atom is 2.00 e. The van der Waals surface area contributed by atoms with Gasteiger partial charge in [-0.3, -0.25) is 9.97 Å². The molecule has 12 rings (SSSR count). The summed E-state index contributed by atoms with van der Waals surface area (Å²) < 4.78 is 89.5. The third-order valence-corrected chi connectivity index (χ3v) is 12.3. The standard InChI is InChI=1S/C32H40O8S.C30H37N2O8.Pt/c41-32-30-2-1-3-31(32)27-6-10-29(11-7-27)40-25-23-38-21-19-36-17-15-34-13-12-33-14-16-35-18-20-37-22-24-39-28-8-4-26(30)5-9-28;1-2-25-22-26(3-1)30-7-5-28(24-32-30)40-21-19-38-17-15-36-13-11-34-9-8-33-10-12-35-14-16-37-18-20-39-27-4-6-29(25)31-23-27;/h1-11,41H,12-25H2;1-7,23-24H,8-21H2;/q;-1;+2/p-1. The fraction of sp³-hybridized carbons (Fsp3) is 0.452. The Morgan fingerprint density at radius 1 is 0.280 bits per heavy atom. The molecule has 0 N–H and O–H groups in total. The summed E-state index contributed by atoms with van der Waals surface area (Å²) in [5.74, 6) is 2.93. The first-order valence-electron chi connectivity index (χ1n) is 27.6. The van der Waals surface area contributed by atoms with Crippen LogP contribution in [0.4, 0.5) is 0 Å². The smallest absolute Gasteiger partial charge is 0.779 e. The monoisotopic (exact) mass is 1330 g/mol. The Morgan fingerprint density at radius 3 is 0.793 bits per heavy atom. The summed E-state index contributed by atoms with van der Waals surface area (Å²) in [5, 5.41) is 0. The molecule has 82 heavy (non-hydrogen) atoms. The average Bonchev–Trinajstić information content (AvgIpc) is 3.61. The summed E-state index contributed by atoms with van der Waals surface area (Å²) in [6, 6.07) is 39.0. The van der Waals surface area contributed by atoms with Gasteiger partial charge in [0.2, 0.25) is 0 Å². The molecule has 0 fully saturated rings. The van der Waals surface area contributed by atoms with Crippen LogP contribution in [-0.2, 0) is 90.5 Å². The van der Waals surface area contributed by atoms with Gasteiger partial charge >= 0.3 is 21.1 Å². The second-order valence-corrected chi connectivity index (χ2v) is 18.1. The molecule has 6 aromatic rings. The molecule has 0 aliphatic carbocycles. The van der Waals surface area contributed by atoms with Gasteiger partial charge in [-0.15, -0.1) is 24.3 Å². The predicted octanol–water partition coefficient (Wildman–Crippen LogP) is 8.28. The minimum atomic E-state index is 0. The first-order chi connectivity index (χ1) is 40.2. The molecule has 6 aliphatic rings. The third-order valence-electron chi connectivity index (χ3n) is 11.9. The second kappa shape index (κ2) is 41.7. The minimum absolute atomic E-state index is 0. The maximum absolute atomic E-state index is 5.88. The Labute approximate surface area is 502 Å². The second-order valence-electron chi connectivity index (χ2n) is 17.7. The molecule has 0 radical (unpaired) electrons. The van der Waals surface area contributed by atoms with Gasteiger partial charge in [0.25, 0.3) is 0 Å². The van der Waals surface area contributed by atoms with E-state index in [-0.39, 0.29) is 21.1 Å². The number of fused-ring (bicyclic) bond motifs is 4. The average molecular weight is 1330 g/mol. The fourth-order valence-corrected chi connectivity index (χ4v) is 8.12. The largest absolute Gasteiger partial charge is 2.00 e. The summed E-state index contributed by atoms with van der Waals surface area (Å²) in [4.78, 5) is 9.89. The third kappa shape index (κ3) is 26.2. The van der Waals surface area contributed by atoms with E-state index in [0.717, 1.165) is 61.2 Å². The van der Waals surface area contributed by atoms with Gasteiger partial charge in [0.05, 0.1) is 171 Å². The summed E-state index contributed by atoms with van der Waals surface area (Å²) in [6.45, 7) is 13.8. The first-order valence-corrected chi connectivity index (χ1v) is 28.0. The van der Waals surface area contributed by atoms with E-state index in [0.29, 0.717) is 196 Å². The van der Waals surface area contributed by atoms with E-state index in [4.69, 9.17) is 88.4 Å². The van der Waals surface area contributed by atoms with Gasteiger partial charge in [-0.25, -0.2) is 0 Å². The van der Waals surface area contributed by atoms with E-state index >= 15 is 0 Å². The molecular formula is C62H76N2O16PtS. The van der Waals surface area contributed by atoms with Gasteiger partial charge in [0.1, 0.15) is 49.4 Å². The van der Waals surface area contributed by atoms with Crippen LogP contribution in [0.2, 0.25) is 0 Å². The molecule has 446 valence electrons. The molecular weight excluding hydrogens is 1260 g/mol. The van der Waals surface area contributed by atoms with Crippen molar-refractivity contribution in [2.75, 3.05) is 185 Å². The normalized spacial score (nSPS) is 17.6. The summed E-state index contributed by atoms with van der Waals surface area (Å²) in [5.41, 5.74) is 7.44. The molecule has 0 amide bonds. The van der Waals surface area contributed by atoms with Crippen LogP contribution in [0.15, 0.2) is 126 Å². The van der Waals surface area contributed by atoms with Crippen molar-refractivity contribution in [3.63, 3.8) is 0 Å². The zero-order valence-electron chi connectivity index (χ0n) is 46.5. The molecule has 12 bridgehead atoms. The number of nitrogens with zero attached hydrogens (tertiary/aromatic N) is 2. The van der Waals surface area contributed by atoms with Crippen LogP contribution in [0.5, 0.6) is 23.0 Å². The van der Waals surface area contributed by atoms with Crippen molar-refractivity contribution in [2.24, 2.45) is 0 Å². The summed E-state index contributed by atoms with van der Waals surface area (Å²) in [6.07, 6.45) is 3.41. The zero-order valence-corrected chi connectivity index (χ0v) is 49.6. The van der Waals surface area contributed by atoms with Crippen molar-refractivity contribution >= 4 is 12.6 Å². The number of ether oxygens (including phenoxy) is 16. The van der Waals surface area contributed by atoms with Gasteiger partial charge in [0.15, 0.2) is 0 Å². The van der Waals surface area contributed by atoms with E-state index in [9.17, 15) is 0 Å². The summed E-state index contributed by atoms with van der Waals surface area (Å²) in [7, 11) is 0. The zero-order chi connectivity index (χ0) is 55.9. The molecule has 8 heterocycles. The Morgan fingerprint density at radius 2 is 0.524 bits per heavy atom. The van der Waals surface area contributed by atoms with E-state index in [1.54, 1.807) is 12.4 Å². The van der Waals surface area contributed by atoms with E-state index < -0.39 is 0 Å². The van der Waals surface area contributed by atoms with Crippen LogP contribution < -0.4 is 18.9 Å². The molecule has 20 heteroatoms. The number of aromatic nitrogens is 2. The topological polar surface area (TPSA) is 173 Å². The fourth-order valence-electron chi connectivity index (χ4n) is 7.75. The number of benzene rings is 4. The summed E-state index contributed by atoms with van der Waals surface area (Å²) >= 11 is 5.88. The number of hydrogen-bond donors (Lipinski definition) is 0. The van der Waals surface area contributed by atoms with Crippen molar-refractivity contribution < 1.29 is 96.9 Å². The molecule has 0 unspecified atom stereocenters. The molecule has 0 atom stereocenters. The van der Waals surface area contributed by atoms with Crippen molar-refractivity contribution in [3.05, 3.63) is 128 Å². The molecule has 2 aromatic heterocycles. The SMILES string of the molecule is [Pt+2].[S-]c1c2cccc1-c1ccc(cc1)OCCOCCOCCOCCOCCOCCOCCOc1ccc-2cc1.[c-]1c2cccc1-c1ccc(cn1)OCCOCCOCCOCCOCCOCCOCCOc1ccc-2nc1. The molecule has 18 nitrogen and oxygen atoms in total. The van der Waals surface area contributed by atoms with Crippen LogP contribution in [0.3, 0.4) is 0 Å². The molecule has 0 spiro atoms. The number of rotatable bonds is 0. The van der Waals surface area contributed by atoms with Gasteiger partial charge in [-0.2, -0.15) is 4.90 Å². The van der Waals surface area contributed by atoms with Gasteiger partial charge in [-0.1, -0.05) is 65.7 Å². The molecule has 6 aliphatic heterocycles. The number of hydrogen-bond acceptors (Lipinski definition) is 19. The molecule has 4 aromatic carbocycles. The van der Waals surface area contributed by atoms with Crippen molar-refractivity contribution in [2.45, 2.75) is 4.90 Å². The van der Waals surface area contributed by atoms with Gasteiger partial charge in [0, 0.05) is 11.4 Å². The van der Waals surface area contributed by atoms with Crippen molar-refractivity contribution in [1.82, 2.24) is 9.97 Å². The van der Waals surface area contributed by atoms with Crippen LogP contribution in [0.1, 0.15) is 0 Å². The van der Waals surface area contributed by atoms with Crippen molar-refractivity contribution in [3.8, 4) is 67.8 Å². The van der Waals surface area contributed by atoms with E-state index in [2.05, 4.69) is 16.0 Å². The minimum Gasteiger partial charge on any atom is -0.779 e. The van der Waals surface area contributed by atoms with Crippen LogP contribution >= 0.6 is 0 Å². The molecule has 0 saturated heterocycles. The first kappa shape index (κ1) is 66.0. The van der Waals surface area contributed by atoms with E-state index in [1.807, 2.05) is 109 Å². The van der Waals surface area contributed by atoms with Crippen LogP contribution in [0, 0.1) is 6.07 Å². The van der Waals surface area contributed by atoms with Crippen LogP contribution in [-0.4, -0.2) is 195 Å². The Balaban J connectivity index is 0.000000261. The van der Waals surface area contributed by atoms with Gasteiger partial charge in [-0.05, 0) is 58.7 Å². The quantitative estimate of drug-likeness (QED) is 0.105. The molecule has 0 saturated carbocycles. The van der Waals surface area contributed by atoms with E-state index in [1.165, 1.54) is 0 Å². The van der Waals surface area contributed by atoms with Crippen molar-refractivity contribution in [1.29, 1.82) is 0 Å². The Bertz CT molecular complexity index is 2400. The maximum atomic E-state index is 5.88. The van der Waals surface area contributed by atoms with Crippen LogP contribution in [0.25, 0.3) is 44.8 Å². The van der Waals surface area contributed by atoms with Gasteiger partial charge < -0.3 is 88.4 Å². The predicted molar refractivity (Wildman–Crippen MR) is 306 cm³/mol. The Hall–Kier alpha value is -5.19.